The van der Waals surface area contributed by atoms with Crippen LogP contribution in [-0.2, 0) is 10.2 Å². The van der Waals surface area contributed by atoms with Crippen LogP contribution < -0.4 is 9.80 Å². The highest BCUT2D eigenvalue weighted by molar-refractivity contribution is 5.94. The number of H-pyrrole nitrogens is 1. The maximum atomic E-state index is 14.5. The molecule has 0 amide bonds. The number of nitrogens with one attached hydrogen (secondary N) is 1. The first kappa shape index (κ1) is 23.4. The fourth-order valence-corrected chi connectivity index (χ4v) is 5.61. The topological polar surface area (TPSA) is 94.0 Å². The van der Waals surface area contributed by atoms with Gasteiger partial charge < -0.3 is 14.5 Å². The van der Waals surface area contributed by atoms with E-state index in [0.29, 0.717) is 50.5 Å². The molecule has 8 nitrogen and oxygen atoms in total. The van der Waals surface area contributed by atoms with Crippen LogP contribution in [-0.4, -0.2) is 59.1 Å². The Labute approximate surface area is 214 Å². The Morgan fingerprint density at radius 3 is 2.70 bits per heavy atom. The number of pyridine rings is 2. The summed E-state index contributed by atoms with van der Waals surface area (Å²) in [4.78, 5) is 14.0. The first-order chi connectivity index (χ1) is 18.1. The summed E-state index contributed by atoms with van der Waals surface area (Å²) >= 11 is 0. The molecule has 1 aromatic carbocycles. The van der Waals surface area contributed by atoms with Gasteiger partial charge in [0.05, 0.1) is 42.1 Å². The highest BCUT2D eigenvalue weighted by Gasteiger charge is 2.39. The molecule has 9 heteroatoms. The molecule has 1 atom stereocenters. The number of anilines is 2. The van der Waals surface area contributed by atoms with Crippen molar-refractivity contribution < 1.29 is 9.13 Å². The number of rotatable bonds is 4. The average Bonchev–Trinajstić information content (AvgIpc) is 3.48. The lowest BCUT2D eigenvalue weighted by molar-refractivity contribution is 0.0985. The number of nitrogens with zero attached hydrogens (tertiary/aromatic N) is 6. The molecule has 2 aliphatic rings. The molecule has 2 fully saturated rings. The third kappa shape index (κ3) is 4.07. The van der Waals surface area contributed by atoms with Crippen molar-refractivity contribution in [1.82, 2.24) is 20.2 Å². The van der Waals surface area contributed by atoms with E-state index in [4.69, 9.17) is 9.72 Å². The van der Waals surface area contributed by atoms with E-state index in [2.05, 4.69) is 39.1 Å². The first-order valence-electron chi connectivity index (χ1n) is 12.6. The number of para-hydroxylation sites is 1. The number of aromatic nitrogens is 4. The van der Waals surface area contributed by atoms with Gasteiger partial charge in [-0.1, -0.05) is 12.1 Å². The first-order valence-corrected chi connectivity index (χ1v) is 12.6. The third-order valence-corrected chi connectivity index (χ3v) is 7.67. The molecule has 0 saturated carbocycles. The second-order valence-electron chi connectivity index (χ2n) is 9.80. The van der Waals surface area contributed by atoms with E-state index in [1.165, 1.54) is 6.07 Å². The largest absolute Gasteiger partial charge is 0.377 e. The molecule has 0 unspecified atom stereocenters. The number of morpholine rings is 1. The van der Waals surface area contributed by atoms with Crippen LogP contribution in [0.25, 0.3) is 22.3 Å². The van der Waals surface area contributed by atoms with E-state index >= 15 is 0 Å². The zero-order valence-electron chi connectivity index (χ0n) is 20.7. The van der Waals surface area contributed by atoms with Crippen molar-refractivity contribution in [3.8, 4) is 17.5 Å². The number of aromatic amines is 1. The van der Waals surface area contributed by atoms with Gasteiger partial charge in [0.25, 0.3) is 0 Å². The lowest BCUT2D eigenvalue weighted by Crippen LogP contribution is -2.45. The highest BCUT2D eigenvalue weighted by Crippen LogP contribution is 2.42. The maximum absolute atomic E-state index is 14.5. The molecule has 0 spiro atoms. The summed E-state index contributed by atoms with van der Waals surface area (Å²) in [5, 5.41) is 18.7. The summed E-state index contributed by atoms with van der Waals surface area (Å²) in [5.74, 6) is 0.582. The van der Waals surface area contributed by atoms with Crippen LogP contribution in [0.3, 0.4) is 0 Å². The maximum Gasteiger partial charge on any atom is 0.146 e. The number of fused-ring (bicyclic) bond motifs is 1. The number of piperidine rings is 1. The molecular formula is C28H28FN7O. The van der Waals surface area contributed by atoms with Crippen LogP contribution in [0.4, 0.5) is 15.9 Å². The summed E-state index contributed by atoms with van der Waals surface area (Å²) in [6.07, 6.45) is 4.62. The van der Waals surface area contributed by atoms with Crippen LogP contribution >= 0.6 is 0 Å². The minimum Gasteiger partial charge on any atom is -0.377 e. The Bertz CT molecular complexity index is 1460. The second-order valence-corrected chi connectivity index (χ2v) is 9.80. The van der Waals surface area contributed by atoms with E-state index in [1.54, 1.807) is 24.5 Å². The van der Waals surface area contributed by atoms with Gasteiger partial charge in [0.15, 0.2) is 0 Å². The fourth-order valence-electron chi connectivity index (χ4n) is 5.61. The van der Waals surface area contributed by atoms with Crippen LogP contribution in [0, 0.1) is 17.1 Å². The SMILES string of the molecule is C[C@@H]1COCCN1c1cc(C2(C#N)CCN(c3ccccc3F)CC2)c2ccnc(-c3ccn[nH]3)c2n1. The van der Waals surface area contributed by atoms with Gasteiger partial charge in [-0.2, -0.15) is 10.4 Å². The summed E-state index contributed by atoms with van der Waals surface area (Å²) < 4.78 is 20.2. The number of benzene rings is 1. The lowest BCUT2D eigenvalue weighted by atomic mass is 9.72. The smallest absolute Gasteiger partial charge is 0.146 e. The summed E-state index contributed by atoms with van der Waals surface area (Å²) in [6, 6.07) is 15.6. The fraction of sp³-hybridized carbons (Fsp3) is 0.357. The quantitative estimate of drug-likeness (QED) is 0.445. The van der Waals surface area contributed by atoms with Crippen molar-refractivity contribution in [2.24, 2.45) is 0 Å². The molecule has 0 radical (unpaired) electrons. The number of hydrogen-bond acceptors (Lipinski definition) is 7. The lowest BCUT2D eigenvalue weighted by Gasteiger charge is -2.40. The van der Waals surface area contributed by atoms with Gasteiger partial charge in [-0.25, -0.2) is 9.37 Å². The van der Waals surface area contributed by atoms with Gasteiger partial charge in [-0.15, -0.1) is 0 Å². The highest BCUT2D eigenvalue weighted by atomic mass is 19.1. The predicted molar refractivity (Wildman–Crippen MR) is 140 cm³/mol. The molecular weight excluding hydrogens is 469 g/mol. The molecule has 188 valence electrons. The van der Waals surface area contributed by atoms with Gasteiger partial charge in [0.1, 0.15) is 22.8 Å². The molecule has 2 saturated heterocycles. The Morgan fingerprint density at radius 1 is 1.14 bits per heavy atom. The molecule has 3 aromatic heterocycles. The number of halogens is 1. The van der Waals surface area contributed by atoms with Gasteiger partial charge >= 0.3 is 0 Å². The predicted octanol–water partition coefficient (Wildman–Crippen LogP) is 4.45. The van der Waals surface area contributed by atoms with E-state index in [0.717, 1.165) is 34.5 Å². The van der Waals surface area contributed by atoms with Gasteiger partial charge in [-0.3, -0.25) is 10.1 Å². The minimum atomic E-state index is -0.736. The molecule has 37 heavy (non-hydrogen) atoms. The van der Waals surface area contributed by atoms with Crippen LogP contribution in [0.15, 0.2) is 54.9 Å². The van der Waals surface area contributed by atoms with E-state index in [1.807, 2.05) is 23.1 Å². The standard InChI is InChI=1S/C28H28FN7O/c1-19-17-37-15-14-36(19)25-16-21(20-6-10-31-27(26(20)33-25)23-7-11-32-34-23)28(18-30)8-12-35(13-9-28)24-5-3-2-4-22(24)29/h2-7,10-11,16,19H,8-9,12-15,17H2,1H3,(H,32,34)/t19-/m1/s1. The summed E-state index contributed by atoms with van der Waals surface area (Å²) in [6.45, 7) is 5.26. The normalized spacial score (nSPS) is 19.6. The number of nitriles is 1. The zero-order valence-corrected chi connectivity index (χ0v) is 20.7. The van der Waals surface area contributed by atoms with E-state index in [-0.39, 0.29) is 11.9 Å². The molecule has 0 aliphatic carbocycles. The van der Waals surface area contributed by atoms with Crippen molar-refractivity contribution >= 4 is 22.4 Å². The third-order valence-electron chi connectivity index (χ3n) is 7.67. The Kier molecular flexibility index (Phi) is 5.97. The second kappa shape index (κ2) is 9.45. The molecule has 5 heterocycles. The van der Waals surface area contributed by atoms with E-state index in [9.17, 15) is 9.65 Å². The van der Waals surface area contributed by atoms with Crippen LogP contribution in [0.2, 0.25) is 0 Å². The Morgan fingerprint density at radius 2 is 1.97 bits per heavy atom. The number of hydrogen-bond donors (Lipinski definition) is 1. The van der Waals surface area contributed by atoms with Crippen molar-refractivity contribution in [3.63, 3.8) is 0 Å². The van der Waals surface area contributed by atoms with E-state index < -0.39 is 5.41 Å². The Balaban J connectivity index is 1.48. The van der Waals surface area contributed by atoms with Crippen LogP contribution in [0.5, 0.6) is 0 Å². The average molecular weight is 498 g/mol. The van der Waals surface area contributed by atoms with Gasteiger partial charge in [0.2, 0.25) is 0 Å². The van der Waals surface area contributed by atoms with Crippen molar-refractivity contribution in [2.45, 2.75) is 31.2 Å². The van der Waals surface area contributed by atoms with Crippen molar-refractivity contribution in [3.05, 3.63) is 66.2 Å². The molecule has 0 bridgehead atoms. The molecule has 6 rings (SSSR count). The Hall–Kier alpha value is -4.03. The van der Waals surface area contributed by atoms with Crippen molar-refractivity contribution in [1.29, 1.82) is 5.26 Å². The molecule has 4 aromatic rings. The zero-order chi connectivity index (χ0) is 25.4. The summed E-state index contributed by atoms with van der Waals surface area (Å²) in [5.41, 5.74) is 3.02. The van der Waals surface area contributed by atoms with Gasteiger partial charge in [-0.05, 0) is 55.7 Å². The summed E-state index contributed by atoms with van der Waals surface area (Å²) in [7, 11) is 0. The van der Waals surface area contributed by atoms with Crippen LogP contribution in [0.1, 0.15) is 25.3 Å². The number of ether oxygens (including phenoxy) is 1. The van der Waals surface area contributed by atoms with Crippen molar-refractivity contribution in [2.75, 3.05) is 42.6 Å². The molecule has 2 aliphatic heterocycles. The van der Waals surface area contributed by atoms with Gasteiger partial charge in [0, 0.05) is 37.4 Å². The monoisotopic (exact) mass is 497 g/mol. The minimum absolute atomic E-state index is 0.153. The molecule has 1 N–H and O–H groups in total.